The molecule has 2 heterocycles. The predicted molar refractivity (Wildman–Crippen MR) is 185 cm³/mol. The van der Waals surface area contributed by atoms with Gasteiger partial charge >= 0.3 is 0 Å². The molecule has 0 unspecified atom stereocenters. The third kappa shape index (κ3) is 6.61. The Morgan fingerprint density at radius 3 is 1.43 bits per heavy atom. The van der Waals surface area contributed by atoms with Gasteiger partial charge < -0.3 is 20.1 Å². The van der Waals surface area contributed by atoms with Crippen molar-refractivity contribution in [1.82, 2.24) is 0 Å². The third-order valence-corrected chi connectivity index (χ3v) is 9.00. The van der Waals surface area contributed by atoms with E-state index in [9.17, 15) is 9.59 Å². The third-order valence-electron chi connectivity index (χ3n) is 6.81. The summed E-state index contributed by atoms with van der Waals surface area (Å²) in [5, 5.41) is 0. The van der Waals surface area contributed by atoms with Gasteiger partial charge in [-0.1, -0.05) is 38.4 Å². The molecule has 0 atom stereocenters. The highest BCUT2D eigenvalue weighted by Crippen LogP contribution is 2.51. The number of benzene rings is 4. The number of nitrogens with two attached hydrogens (primary N) is 1. The number of carbonyl (C=O) groups excluding carboxylic acids is 2. The lowest BCUT2D eigenvalue weighted by Crippen LogP contribution is -2.26. The molecule has 0 radical (unpaired) electrons. The van der Waals surface area contributed by atoms with Crippen LogP contribution < -0.4 is 29.9 Å². The van der Waals surface area contributed by atoms with Crippen LogP contribution in [0.2, 0.25) is 0 Å². The fraction of sp³-hybridized carbons (Fsp3) is 0.235. The second kappa shape index (κ2) is 14.0. The summed E-state index contributed by atoms with van der Waals surface area (Å²) in [5.41, 5.74) is 11.2. The number of nitrogens with zero attached hydrogens (tertiary/aromatic N) is 3. The lowest BCUT2D eigenvalue weighted by atomic mass is 10.2. The van der Waals surface area contributed by atoms with Crippen LogP contribution in [0, 0.1) is 0 Å². The summed E-state index contributed by atoms with van der Waals surface area (Å²) in [6.07, 6.45) is 0. The van der Waals surface area contributed by atoms with Crippen molar-refractivity contribution in [2.45, 2.75) is 48.3 Å². The minimum atomic E-state index is -0.0252. The van der Waals surface area contributed by atoms with E-state index in [1.54, 1.807) is 61.4 Å². The van der Waals surface area contributed by atoms with Gasteiger partial charge in [0.25, 0.3) is 0 Å². The quantitative estimate of drug-likeness (QED) is 0.225. The monoisotopic (exact) mass is 632 g/mol. The maximum Gasteiger partial charge on any atom is 0.228 e. The van der Waals surface area contributed by atoms with Crippen molar-refractivity contribution >= 4 is 69.5 Å². The Morgan fingerprint density at radius 1 is 0.636 bits per heavy atom. The van der Waals surface area contributed by atoms with Crippen molar-refractivity contribution in [2.24, 2.45) is 0 Å². The lowest BCUT2D eigenvalue weighted by Gasteiger charge is -2.31. The van der Waals surface area contributed by atoms with Crippen LogP contribution in [0.15, 0.2) is 92.4 Å². The summed E-state index contributed by atoms with van der Waals surface area (Å²) in [5.74, 6) is 1.54. The number of amides is 2. The van der Waals surface area contributed by atoms with Crippen molar-refractivity contribution in [3.8, 4) is 11.5 Å². The number of hydrogen-bond acceptors (Lipinski definition) is 8. The molecule has 0 spiro atoms. The summed E-state index contributed by atoms with van der Waals surface area (Å²) >= 11 is 3.26. The molecule has 2 aliphatic heterocycles. The molecule has 0 fully saturated rings. The molecule has 0 saturated heterocycles. The minimum absolute atomic E-state index is 0. The normalized spacial score (nSPS) is 12.0. The molecule has 44 heavy (non-hydrogen) atoms. The Morgan fingerprint density at radius 2 is 1.02 bits per heavy atom. The van der Waals surface area contributed by atoms with E-state index >= 15 is 0 Å². The first-order valence-corrected chi connectivity index (χ1v) is 14.8. The Balaban J connectivity index is 0.000000231. The van der Waals surface area contributed by atoms with E-state index in [0.29, 0.717) is 5.69 Å². The maximum atomic E-state index is 12.2. The predicted octanol–water partition coefficient (Wildman–Crippen LogP) is 8.61. The molecule has 10 heteroatoms. The molecule has 0 aromatic heterocycles. The summed E-state index contributed by atoms with van der Waals surface area (Å²) < 4.78 is 10.5. The van der Waals surface area contributed by atoms with E-state index in [1.165, 1.54) is 0 Å². The van der Waals surface area contributed by atoms with Gasteiger partial charge in [0.15, 0.2) is 0 Å². The summed E-state index contributed by atoms with van der Waals surface area (Å²) in [7, 11) is 7.30. The van der Waals surface area contributed by atoms with Crippen LogP contribution in [-0.4, -0.2) is 40.1 Å². The number of anilines is 6. The second-order valence-electron chi connectivity index (χ2n) is 9.85. The van der Waals surface area contributed by atoms with Gasteiger partial charge in [-0.3, -0.25) is 19.4 Å². The van der Waals surface area contributed by atoms with Crippen molar-refractivity contribution in [3.05, 3.63) is 72.8 Å². The van der Waals surface area contributed by atoms with Gasteiger partial charge in [0.1, 0.15) is 11.5 Å². The number of fused-ring (bicyclic) bond motifs is 4. The van der Waals surface area contributed by atoms with Gasteiger partial charge in [0.05, 0.1) is 37.0 Å². The number of nitrogen functional groups attached to an aromatic ring is 1. The molecule has 2 aliphatic rings. The number of rotatable bonds is 3. The number of methoxy groups -OCH3 is 2. The van der Waals surface area contributed by atoms with Gasteiger partial charge in [-0.15, -0.1) is 0 Å². The smallest absolute Gasteiger partial charge is 0.228 e. The highest BCUT2D eigenvalue weighted by molar-refractivity contribution is 8.00. The minimum Gasteiger partial charge on any atom is -0.497 e. The van der Waals surface area contributed by atoms with Crippen LogP contribution in [0.4, 0.5) is 34.1 Å². The lowest BCUT2D eigenvalue weighted by molar-refractivity contribution is -0.116. The fourth-order valence-corrected chi connectivity index (χ4v) is 7.05. The Hall–Kier alpha value is -4.28. The average molecular weight is 633 g/mol. The topological polar surface area (TPSA) is 88.3 Å². The van der Waals surface area contributed by atoms with Crippen LogP contribution in [0.1, 0.15) is 28.7 Å². The van der Waals surface area contributed by atoms with Crippen LogP contribution in [-0.2, 0) is 9.59 Å². The number of ether oxygens (including phenoxy) is 2. The summed E-state index contributed by atoms with van der Waals surface area (Å²) in [6.45, 7) is 3.15. The maximum absolute atomic E-state index is 12.2. The van der Waals surface area contributed by atoms with Crippen molar-refractivity contribution in [1.29, 1.82) is 0 Å². The molecule has 8 nitrogen and oxygen atoms in total. The van der Waals surface area contributed by atoms with Gasteiger partial charge in [0.2, 0.25) is 11.8 Å². The van der Waals surface area contributed by atoms with Crippen LogP contribution in [0.3, 0.4) is 0 Å². The first-order chi connectivity index (χ1) is 20.1. The molecular weight excluding hydrogens is 593 g/mol. The molecule has 0 saturated carbocycles. The van der Waals surface area contributed by atoms with E-state index in [-0.39, 0.29) is 26.7 Å². The average Bonchev–Trinajstić information content (AvgIpc) is 2.97. The Labute approximate surface area is 269 Å². The van der Waals surface area contributed by atoms with Gasteiger partial charge in [0, 0.05) is 58.9 Å². The largest absolute Gasteiger partial charge is 0.497 e. The van der Waals surface area contributed by atoms with E-state index < -0.39 is 0 Å². The van der Waals surface area contributed by atoms with Gasteiger partial charge in [-0.2, -0.15) is 0 Å². The van der Waals surface area contributed by atoms with E-state index in [4.69, 9.17) is 15.2 Å². The van der Waals surface area contributed by atoms with Gasteiger partial charge in [-0.05, 0) is 72.8 Å². The standard InChI is InChI=1S/C17H18N2O2S.C15H14N2O2S.2CH4/c1-11(20)19-14-7-5-12(18(2)3)9-16(14)22-17-10-13(21-4)6-8-15(17)19;1-9(18)17-12-5-3-10(16)7-14(12)20-15-8-11(19-2)4-6-13(15)17;;/h5-10H,1-4H3;3-8H,16H2,1-2H3;2*1H4. The molecular formula is C34H40N4O4S2. The highest BCUT2D eigenvalue weighted by atomic mass is 32.2. The molecule has 6 rings (SSSR count). The van der Waals surface area contributed by atoms with Crippen LogP contribution in [0.5, 0.6) is 11.5 Å². The van der Waals surface area contributed by atoms with Crippen molar-refractivity contribution in [3.63, 3.8) is 0 Å². The Kier molecular flexibility index (Phi) is 10.9. The van der Waals surface area contributed by atoms with Crippen molar-refractivity contribution < 1.29 is 19.1 Å². The van der Waals surface area contributed by atoms with E-state index in [0.717, 1.165) is 59.5 Å². The second-order valence-corrected chi connectivity index (χ2v) is 12.0. The summed E-state index contributed by atoms with van der Waals surface area (Å²) in [6, 6.07) is 23.2. The van der Waals surface area contributed by atoms with E-state index in [1.807, 2.05) is 80.8 Å². The molecule has 0 aliphatic carbocycles. The first-order valence-electron chi connectivity index (χ1n) is 13.1. The zero-order chi connectivity index (χ0) is 30.1. The van der Waals surface area contributed by atoms with Crippen LogP contribution in [0.25, 0.3) is 0 Å². The molecule has 2 amide bonds. The van der Waals surface area contributed by atoms with Crippen molar-refractivity contribution in [2.75, 3.05) is 48.7 Å². The van der Waals surface area contributed by atoms with Gasteiger partial charge in [-0.25, -0.2) is 0 Å². The van der Waals surface area contributed by atoms with E-state index in [2.05, 4.69) is 11.0 Å². The number of carbonyl (C=O) groups is 2. The molecule has 0 bridgehead atoms. The molecule has 4 aromatic carbocycles. The Bertz CT molecular complexity index is 1690. The zero-order valence-corrected chi connectivity index (χ0v) is 25.9. The summed E-state index contributed by atoms with van der Waals surface area (Å²) in [4.78, 5) is 33.8. The molecule has 2 N–H and O–H groups in total. The fourth-order valence-electron chi connectivity index (χ4n) is 4.80. The SMILES string of the molecule is C.C.COc1ccc2c(c1)Sc1cc(N(C)C)ccc1N2C(C)=O.COc1ccc2c(c1)Sc1cc(N)ccc1N2C(C)=O. The number of hydrogen-bond donors (Lipinski definition) is 1. The molecule has 4 aromatic rings. The highest BCUT2D eigenvalue weighted by Gasteiger charge is 2.28. The zero-order valence-electron chi connectivity index (χ0n) is 24.3. The molecule has 232 valence electrons. The first kappa shape index (κ1) is 34.2. The van der Waals surface area contributed by atoms with Crippen LogP contribution >= 0.6 is 23.5 Å².